The van der Waals surface area contributed by atoms with E-state index in [9.17, 15) is 5.11 Å². The maximum Gasteiger partial charge on any atom is 0.140 e. The van der Waals surface area contributed by atoms with E-state index in [4.69, 9.17) is 4.74 Å². The van der Waals surface area contributed by atoms with Crippen molar-refractivity contribution in [3.63, 3.8) is 0 Å². The highest BCUT2D eigenvalue weighted by Gasteiger charge is 2.13. The van der Waals surface area contributed by atoms with E-state index in [1.165, 1.54) is 0 Å². The lowest BCUT2D eigenvalue weighted by atomic mass is 10.1. The van der Waals surface area contributed by atoms with Gasteiger partial charge in [0.2, 0.25) is 0 Å². The number of benzene rings is 1. The number of rotatable bonds is 4. The summed E-state index contributed by atoms with van der Waals surface area (Å²) < 4.78 is 7.28. The van der Waals surface area contributed by atoms with Gasteiger partial charge in [0.05, 0.1) is 25.1 Å². The van der Waals surface area contributed by atoms with Crippen molar-refractivity contribution >= 4 is 0 Å². The van der Waals surface area contributed by atoms with Crippen molar-refractivity contribution in [3.8, 4) is 17.1 Å². The summed E-state index contributed by atoms with van der Waals surface area (Å²) in [5.74, 6) is 1.78. The molecule has 0 bridgehead atoms. The first-order valence-electron chi connectivity index (χ1n) is 6.42. The Labute approximate surface area is 113 Å². The zero-order valence-electron chi connectivity index (χ0n) is 11.9. The molecule has 1 aromatic heterocycles. The smallest absolute Gasteiger partial charge is 0.140 e. The van der Waals surface area contributed by atoms with Gasteiger partial charge in [-0.3, -0.25) is 0 Å². The van der Waals surface area contributed by atoms with Crippen LogP contribution in [0.4, 0.5) is 0 Å². The molecular weight excluding hydrogens is 240 g/mol. The molecule has 0 aliphatic heterocycles. The van der Waals surface area contributed by atoms with Gasteiger partial charge in [0.1, 0.15) is 11.6 Å². The second-order valence-corrected chi connectivity index (χ2v) is 4.56. The molecule has 102 valence electrons. The molecule has 0 radical (unpaired) electrons. The highest BCUT2D eigenvalue weighted by atomic mass is 16.5. The Hall–Kier alpha value is -1.81. The van der Waals surface area contributed by atoms with E-state index < -0.39 is 0 Å². The number of imidazole rings is 1. The van der Waals surface area contributed by atoms with Gasteiger partial charge in [0, 0.05) is 12.6 Å². The van der Waals surface area contributed by atoms with Gasteiger partial charge >= 0.3 is 0 Å². The fourth-order valence-electron chi connectivity index (χ4n) is 2.34. The molecule has 2 rings (SSSR count). The monoisotopic (exact) mass is 260 g/mol. The number of ether oxygens (including phenoxy) is 1. The van der Waals surface area contributed by atoms with E-state index in [2.05, 4.69) is 18.0 Å². The average Bonchev–Trinajstić information content (AvgIpc) is 2.72. The van der Waals surface area contributed by atoms with Gasteiger partial charge in [0.25, 0.3) is 0 Å². The van der Waals surface area contributed by atoms with Crippen LogP contribution < -0.4 is 4.74 Å². The van der Waals surface area contributed by atoms with E-state index in [1.54, 1.807) is 7.11 Å². The average molecular weight is 260 g/mol. The lowest BCUT2D eigenvalue weighted by molar-refractivity contribution is 0.272. The fourth-order valence-corrected chi connectivity index (χ4v) is 2.34. The zero-order chi connectivity index (χ0) is 14.0. The van der Waals surface area contributed by atoms with Gasteiger partial charge in [-0.15, -0.1) is 0 Å². The van der Waals surface area contributed by atoms with Crippen molar-refractivity contribution in [2.24, 2.45) is 7.05 Å². The number of hydrogen-bond donors (Lipinski definition) is 1. The lowest BCUT2D eigenvalue weighted by Gasteiger charge is -2.10. The van der Waals surface area contributed by atoms with Crippen LogP contribution in [0.2, 0.25) is 0 Å². The first-order chi connectivity index (χ1) is 9.12. The molecule has 0 amide bonds. The predicted octanol–water partition coefficient (Wildman–Crippen LogP) is 2.46. The molecule has 0 fully saturated rings. The van der Waals surface area contributed by atoms with Crippen molar-refractivity contribution in [2.45, 2.75) is 26.9 Å². The summed E-state index contributed by atoms with van der Waals surface area (Å²) in [5.41, 5.74) is 3.92. The Kier molecular flexibility index (Phi) is 3.90. The molecule has 4 heteroatoms. The topological polar surface area (TPSA) is 47.3 Å². The molecule has 0 aliphatic rings. The van der Waals surface area contributed by atoms with Crippen LogP contribution in [0.25, 0.3) is 11.4 Å². The van der Waals surface area contributed by atoms with Crippen LogP contribution in [0, 0.1) is 6.92 Å². The maximum atomic E-state index is 9.36. The molecule has 0 spiro atoms. The largest absolute Gasteiger partial charge is 0.496 e. The van der Waals surface area contributed by atoms with E-state index >= 15 is 0 Å². The number of hydrogen-bond acceptors (Lipinski definition) is 3. The highest BCUT2D eigenvalue weighted by Crippen LogP contribution is 2.27. The minimum absolute atomic E-state index is 0.00607. The van der Waals surface area contributed by atoms with Gasteiger partial charge in [-0.25, -0.2) is 4.98 Å². The molecule has 0 saturated heterocycles. The number of aromatic nitrogens is 2. The Balaban J connectivity index is 2.53. The lowest BCUT2D eigenvalue weighted by Crippen LogP contribution is -2.00. The van der Waals surface area contributed by atoms with Crippen LogP contribution in [0.3, 0.4) is 0 Å². The van der Waals surface area contributed by atoms with Crippen molar-refractivity contribution in [1.29, 1.82) is 0 Å². The standard InChI is InChI=1S/C15H20N2O2/c1-5-11-8-12(6-7-14(11)19-4)15-16-10(2)13(9-18)17(15)3/h6-8,18H,5,9H2,1-4H3. The van der Waals surface area contributed by atoms with Crippen LogP contribution in [-0.4, -0.2) is 21.8 Å². The van der Waals surface area contributed by atoms with E-state index in [1.807, 2.05) is 30.7 Å². The summed E-state index contributed by atoms with van der Waals surface area (Å²) in [6.45, 7) is 4.02. The van der Waals surface area contributed by atoms with Crippen molar-refractivity contribution in [3.05, 3.63) is 35.2 Å². The molecule has 0 atom stereocenters. The number of methoxy groups -OCH3 is 1. The minimum Gasteiger partial charge on any atom is -0.496 e. The van der Waals surface area contributed by atoms with Crippen molar-refractivity contribution in [1.82, 2.24) is 9.55 Å². The van der Waals surface area contributed by atoms with Gasteiger partial charge in [-0.2, -0.15) is 0 Å². The predicted molar refractivity (Wildman–Crippen MR) is 75.2 cm³/mol. The molecule has 1 aromatic carbocycles. The van der Waals surface area contributed by atoms with Gasteiger partial charge < -0.3 is 14.4 Å². The molecule has 1 heterocycles. The second kappa shape index (κ2) is 5.45. The summed E-state index contributed by atoms with van der Waals surface area (Å²) in [4.78, 5) is 4.54. The zero-order valence-corrected chi connectivity index (χ0v) is 11.9. The molecule has 2 aromatic rings. The second-order valence-electron chi connectivity index (χ2n) is 4.56. The summed E-state index contributed by atoms with van der Waals surface area (Å²) in [7, 11) is 3.61. The molecule has 19 heavy (non-hydrogen) atoms. The van der Waals surface area contributed by atoms with E-state index in [0.717, 1.165) is 40.5 Å². The third-order valence-electron chi connectivity index (χ3n) is 3.48. The Morgan fingerprint density at radius 2 is 2.11 bits per heavy atom. The maximum absolute atomic E-state index is 9.36. The number of aryl methyl sites for hydroxylation is 2. The molecule has 0 unspecified atom stereocenters. The SMILES string of the molecule is CCc1cc(-c2nc(C)c(CO)n2C)ccc1OC. The number of nitrogens with zero attached hydrogens (tertiary/aromatic N) is 2. The third kappa shape index (κ3) is 2.36. The summed E-state index contributed by atoms with van der Waals surface area (Å²) in [6, 6.07) is 6.07. The molecule has 1 N–H and O–H groups in total. The highest BCUT2D eigenvalue weighted by molar-refractivity contribution is 5.60. The molecule has 0 aliphatic carbocycles. The molecular formula is C15H20N2O2. The van der Waals surface area contributed by atoms with Crippen LogP contribution in [0.15, 0.2) is 18.2 Å². The van der Waals surface area contributed by atoms with Crippen LogP contribution in [0.1, 0.15) is 23.9 Å². The summed E-state index contributed by atoms with van der Waals surface area (Å²) >= 11 is 0. The molecule has 4 nitrogen and oxygen atoms in total. The van der Waals surface area contributed by atoms with Crippen LogP contribution in [-0.2, 0) is 20.1 Å². The number of aliphatic hydroxyl groups is 1. The first-order valence-corrected chi connectivity index (χ1v) is 6.42. The normalized spacial score (nSPS) is 10.8. The summed E-state index contributed by atoms with van der Waals surface area (Å²) in [6.07, 6.45) is 0.910. The first kappa shape index (κ1) is 13.6. The van der Waals surface area contributed by atoms with Gasteiger partial charge in [-0.05, 0) is 37.1 Å². The van der Waals surface area contributed by atoms with E-state index in [-0.39, 0.29) is 6.61 Å². The Morgan fingerprint density at radius 3 is 2.63 bits per heavy atom. The number of aliphatic hydroxyl groups excluding tert-OH is 1. The minimum atomic E-state index is 0.00607. The van der Waals surface area contributed by atoms with Crippen molar-refractivity contribution < 1.29 is 9.84 Å². The Bertz CT molecular complexity index is 588. The van der Waals surface area contributed by atoms with Crippen LogP contribution >= 0.6 is 0 Å². The van der Waals surface area contributed by atoms with Crippen molar-refractivity contribution in [2.75, 3.05) is 7.11 Å². The Morgan fingerprint density at radius 1 is 1.37 bits per heavy atom. The fraction of sp³-hybridized carbons (Fsp3) is 0.400. The van der Waals surface area contributed by atoms with Gasteiger partial charge in [-0.1, -0.05) is 6.92 Å². The summed E-state index contributed by atoms with van der Waals surface area (Å²) in [5, 5.41) is 9.36. The van der Waals surface area contributed by atoms with E-state index in [0.29, 0.717) is 0 Å². The quantitative estimate of drug-likeness (QED) is 0.918. The van der Waals surface area contributed by atoms with Crippen LogP contribution in [0.5, 0.6) is 5.75 Å². The third-order valence-corrected chi connectivity index (χ3v) is 3.48. The molecule has 0 saturated carbocycles. The van der Waals surface area contributed by atoms with Gasteiger partial charge in [0.15, 0.2) is 0 Å².